The van der Waals surface area contributed by atoms with E-state index in [0.717, 1.165) is 26.2 Å². The smallest absolute Gasteiger partial charge is 0.113 e. The van der Waals surface area contributed by atoms with Gasteiger partial charge in [0.2, 0.25) is 0 Å². The summed E-state index contributed by atoms with van der Waals surface area (Å²) < 4.78 is 0. The van der Waals surface area contributed by atoms with E-state index >= 15 is 0 Å². The summed E-state index contributed by atoms with van der Waals surface area (Å²) in [5, 5.41) is 11.2. The molecule has 7 aromatic rings. The van der Waals surface area contributed by atoms with Gasteiger partial charge in [-0.3, -0.25) is 0 Å². The van der Waals surface area contributed by atoms with E-state index in [1.165, 1.54) is 116 Å². The Morgan fingerprint density at radius 2 is 0.980 bits per heavy atom. The van der Waals surface area contributed by atoms with Crippen molar-refractivity contribution in [2.75, 3.05) is 36.0 Å². The summed E-state index contributed by atoms with van der Waals surface area (Å²) in [6, 6.07) is 47.4. The zero-order chi connectivity index (χ0) is 34.1. The maximum absolute atomic E-state index is 2.63. The summed E-state index contributed by atoms with van der Waals surface area (Å²) in [4.78, 5) is 5.25. The number of fused-ring (bicyclic) bond motifs is 6. The molecular formula is C48H46N2Si. The van der Waals surface area contributed by atoms with Crippen molar-refractivity contribution in [3.63, 3.8) is 0 Å². The molecule has 51 heavy (non-hydrogen) atoms. The summed E-state index contributed by atoms with van der Waals surface area (Å²) in [7, 11) is -1.76. The zero-order valence-corrected chi connectivity index (χ0v) is 31.0. The average molecular weight is 679 g/mol. The predicted molar refractivity (Wildman–Crippen MR) is 224 cm³/mol. The molecule has 0 bridgehead atoms. The number of nitrogens with zero attached hydrogens (tertiary/aromatic N) is 2. The van der Waals surface area contributed by atoms with Crippen molar-refractivity contribution in [1.29, 1.82) is 0 Å². The van der Waals surface area contributed by atoms with Crippen LogP contribution < -0.4 is 20.2 Å². The molecule has 2 saturated heterocycles. The molecule has 0 aliphatic carbocycles. The van der Waals surface area contributed by atoms with Gasteiger partial charge in [0.25, 0.3) is 0 Å². The average Bonchev–Trinajstić information content (AvgIpc) is 3.42. The van der Waals surface area contributed by atoms with Gasteiger partial charge in [-0.25, -0.2) is 0 Å². The first-order valence-electron chi connectivity index (χ1n) is 19.3. The molecule has 0 unspecified atom stereocenters. The Hall–Kier alpha value is -4.86. The topological polar surface area (TPSA) is 6.48 Å². The van der Waals surface area contributed by atoms with E-state index in [4.69, 9.17) is 0 Å². The van der Waals surface area contributed by atoms with Crippen LogP contribution in [-0.4, -0.2) is 34.3 Å². The summed E-state index contributed by atoms with van der Waals surface area (Å²) in [5.41, 5.74) is 11.0. The van der Waals surface area contributed by atoms with Crippen LogP contribution in [0.5, 0.6) is 0 Å². The Labute approximate surface area is 303 Å². The van der Waals surface area contributed by atoms with Gasteiger partial charge in [0.05, 0.1) is 0 Å². The third kappa shape index (κ3) is 4.96. The van der Waals surface area contributed by atoms with E-state index < -0.39 is 8.07 Å². The van der Waals surface area contributed by atoms with Gasteiger partial charge >= 0.3 is 0 Å². The Balaban J connectivity index is 1.31. The number of anilines is 2. The molecule has 3 aliphatic rings. The minimum absolute atomic E-state index is 1.14. The molecule has 252 valence electrons. The highest BCUT2D eigenvalue weighted by atomic mass is 28.3. The fourth-order valence-electron chi connectivity index (χ4n) is 9.82. The fourth-order valence-corrected chi connectivity index (χ4v) is 12.9. The molecule has 10 rings (SSSR count). The van der Waals surface area contributed by atoms with Crippen LogP contribution in [0.2, 0.25) is 13.1 Å². The van der Waals surface area contributed by atoms with Crippen molar-refractivity contribution in [3.8, 4) is 33.4 Å². The molecule has 2 nitrogen and oxygen atoms in total. The molecule has 0 radical (unpaired) electrons. The quantitative estimate of drug-likeness (QED) is 0.135. The second kappa shape index (κ2) is 12.1. The van der Waals surface area contributed by atoms with Crippen molar-refractivity contribution in [1.82, 2.24) is 0 Å². The Morgan fingerprint density at radius 3 is 1.71 bits per heavy atom. The van der Waals surface area contributed by atoms with E-state index in [0.29, 0.717) is 0 Å². The summed E-state index contributed by atoms with van der Waals surface area (Å²) in [5.74, 6) is 0. The zero-order valence-electron chi connectivity index (χ0n) is 30.0. The predicted octanol–water partition coefficient (Wildman–Crippen LogP) is 11.3. The molecule has 0 aromatic heterocycles. The van der Waals surface area contributed by atoms with E-state index in [-0.39, 0.29) is 0 Å². The van der Waals surface area contributed by atoms with Crippen LogP contribution in [0.4, 0.5) is 11.4 Å². The lowest BCUT2D eigenvalue weighted by Crippen LogP contribution is -2.49. The third-order valence-corrected chi connectivity index (χ3v) is 16.0. The molecule has 7 aromatic carbocycles. The Kier molecular flexibility index (Phi) is 7.35. The van der Waals surface area contributed by atoms with E-state index in [9.17, 15) is 0 Å². The van der Waals surface area contributed by atoms with Gasteiger partial charge in [-0.05, 0) is 145 Å². The highest BCUT2D eigenvalue weighted by Crippen LogP contribution is 2.48. The Morgan fingerprint density at radius 1 is 0.412 bits per heavy atom. The van der Waals surface area contributed by atoms with Gasteiger partial charge in [0.15, 0.2) is 0 Å². The summed E-state index contributed by atoms with van der Waals surface area (Å²) >= 11 is 0. The molecule has 3 heterocycles. The first-order valence-corrected chi connectivity index (χ1v) is 22.3. The standard InChI is InChI=1S/C48H46N2Si/c1-51(2)45-19-8-7-17-38(45)42-30-34(20-25-46(42)51)47-40-23-21-36(50-28-11-4-12-29-50)32-44(40)48(39-18-13-15-33-14-5-6-16-37(33)39)41-24-22-35(31-43(41)47)49-26-9-3-10-27-49/h5-8,13-25,30-32H,3-4,9-12,26-29H2,1-2H3. The normalized spacial score (nSPS) is 16.9. The van der Waals surface area contributed by atoms with Gasteiger partial charge in [-0.1, -0.05) is 104 Å². The van der Waals surface area contributed by atoms with Crippen LogP contribution in [0.1, 0.15) is 38.5 Å². The molecule has 0 N–H and O–H groups in total. The largest absolute Gasteiger partial charge is 0.372 e. The van der Waals surface area contributed by atoms with E-state index in [2.05, 4.69) is 144 Å². The minimum Gasteiger partial charge on any atom is -0.372 e. The van der Waals surface area contributed by atoms with Gasteiger partial charge in [0, 0.05) is 37.6 Å². The SMILES string of the molecule is C[Si]1(C)c2ccccc2-c2cc(-c3c4cc(N5CCCCC5)ccc4c(-c4cccc5ccccc45)c4cc(N5CCCCC5)ccc34)ccc21. The van der Waals surface area contributed by atoms with Crippen molar-refractivity contribution in [2.24, 2.45) is 0 Å². The van der Waals surface area contributed by atoms with Crippen LogP contribution in [0.15, 0.2) is 121 Å². The highest BCUT2D eigenvalue weighted by Gasteiger charge is 2.37. The number of piperidine rings is 2. The van der Waals surface area contributed by atoms with Crippen LogP contribution in [0, 0.1) is 0 Å². The third-order valence-electron chi connectivity index (χ3n) is 12.5. The van der Waals surface area contributed by atoms with Gasteiger partial charge in [-0.2, -0.15) is 0 Å². The van der Waals surface area contributed by atoms with Gasteiger partial charge in [-0.15, -0.1) is 0 Å². The van der Waals surface area contributed by atoms with Crippen LogP contribution in [0.25, 0.3) is 65.7 Å². The lowest BCUT2D eigenvalue weighted by atomic mass is 9.83. The van der Waals surface area contributed by atoms with Crippen LogP contribution >= 0.6 is 0 Å². The first kappa shape index (κ1) is 30.9. The van der Waals surface area contributed by atoms with Crippen molar-refractivity contribution < 1.29 is 0 Å². The maximum atomic E-state index is 2.63. The number of benzene rings is 7. The molecular weight excluding hydrogens is 633 g/mol. The van der Waals surface area contributed by atoms with Crippen LogP contribution in [0.3, 0.4) is 0 Å². The molecule has 2 fully saturated rings. The molecule has 3 heteroatoms. The minimum atomic E-state index is -1.76. The molecule has 0 saturated carbocycles. The van der Waals surface area contributed by atoms with E-state index in [1.807, 2.05) is 0 Å². The molecule has 3 aliphatic heterocycles. The lowest BCUT2D eigenvalue weighted by molar-refractivity contribution is 0.578. The molecule has 0 amide bonds. The second-order valence-corrected chi connectivity index (χ2v) is 20.1. The van der Waals surface area contributed by atoms with E-state index in [1.54, 1.807) is 10.4 Å². The second-order valence-electron chi connectivity index (χ2n) is 15.8. The maximum Gasteiger partial charge on any atom is 0.113 e. The highest BCUT2D eigenvalue weighted by molar-refractivity contribution is 7.03. The number of hydrogen-bond acceptors (Lipinski definition) is 2. The van der Waals surface area contributed by atoms with Crippen molar-refractivity contribution in [2.45, 2.75) is 51.6 Å². The first-order chi connectivity index (χ1) is 25.1. The monoisotopic (exact) mass is 678 g/mol. The van der Waals surface area contributed by atoms with Crippen LogP contribution in [-0.2, 0) is 0 Å². The molecule has 0 atom stereocenters. The number of hydrogen-bond donors (Lipinski definition) is 0. The van der Waals surface area contributed by atoms with Gasteiger partial charge < -0.3 is 9.80 Å². The Bertz CT molecular complexity index is 2480. The van der Waals surface area contributed by atoms with Crippen molar-refractivity contribution in [3.05, 3.63) is 121 Å². The summed E-state index contributed by atoms with van der Waals surface area (Å²) in [6.07, 6.45) is 7.75. The van der Waals surface area contributed by atoms with Crippen molar-refractivity contribution >= 4 is 62.1 Å². The lowest BCUT2D eigenvalue weighted by Gasteiger charge is -2.30. The van der Waals surface area contributed by atoms with Gasteiger partial charge in [0.1, 0.15) is 8.07 Å². The fraction of sp³-hybridized carbons (Fsp3) is 0.250. The number of rotatable bonds is 4. The molecule has 0 spiro atoms. The summed E-state index contributed by atoms with van der Waals surface area (Å²) in [6.45, 7) is 9.60.